The molecular formula is C27H18ClF2N3O3S. The zero-order valence-electron chi connectivity index (χ0n) is 19.1. The number of halogens is 3. The summed E-state index contributed by atoms with van der Waals surface area (Å²) in [5, 5.41) is 2.58. The van der Waals surface area contributed by atoms with Crippen molar-refractivity contribution in [1.82, 2.24) is 9.47 Å². The topological polar surface area (TPSA) is 71.4 Å². The molecule has 37 heavy (non-hydrogen) atoms. The van der Waals surface area contributed by atoms with Gasteiger partial charge in [0.2, 0.25) is 5.91 Å². The van der Waals surface area contributed by atoms with Gasteiger partial charge in [0.25, 0.3) is 11.1 Å². The Bertz CT molecular complexity index is 1600. The maximum atomic E-state index is 14.3. The molecule has 10 heteroatoms. The summed E-state index contributed by atoms with van der Waals surface area (Å²) < 4.78 is 29.5. The van der Waals surface area contributed by atoms with Crippen LogP contribution in [0.3, 0.4) is 0 Å². The number of nitrogens with zero attached hydrogens (tertiary/aromatic N) is 2. The average Bonchev–Trinajstić information content (AvgIpc) is 3.35. The lowest BCUT2D eigenvalue weighted by Gasteiger charge is -2.12. The van der Waals surface area contributed by atoms with Crippen molar-refractivity contribution in [3.63, 3.8) is 0 Å². The monoisotopic (exact) mass is 537 g/mol. The lowest BCUT2D eigenvalue weighted by atomic mass is 10.1. The molecule has 1 fully saturated rings. The van der Waals surface area contributed by atoms with Crippen molar-refractivity contribution in [1.29, 1.82) is 0 Å². The first-order chi connectivity index (χ1) is 17.8. The molecule has 2 heterocycles. The number of benzene rings is 3. The van der Waals surface area contributed by atoms with E-state index in [9.17, 15) is 23.2 Å². The fraction of sp³-hybridized carbons (Fsp3) is 0.0741. The summed E-state index contributed by atoms with van der Waals surface area (Å²) in [7, 11) is 0. The Morgan fingerprint density at radius 2 is 1.76 bits per heavy atom. The molecule has 0 atom stereocenters. The van der Waals surface area contributed by atoms with Crippen LogP contribution < -0.4 is 5.32 Å². The van der Waals surface area contributed by atoms with Crippen LogP contribution in [0.4, 0.5) is 19.3 Å². The molecule has 1 saturated heterocycles. The van der Waals surface area contributed by atoms with Crippen LogP contribution in [0, 0.1) is 11.6 Å². The molecule has 0 bridgehead atoms. The maximum Gasteiger partial charge on any atom is 0.294 e. The van der Waals surface area contributed by atoms with Crippen molar-refractivity contribution in [2.24, 2.45) is 0 Å². The third-order valence-corrected chi connectivity index (χ3v) is 6.98. The molecule has 3 aromatic carbocycles. The van der Waals surface area contributed by atoms with Gasteiger partial charge >= 0.3 is 0 Å². The van der Waals surface area contributed by atoms with Gasteiger partial charge in [-0.3, -0.25) is 19.3 Å². The highest BCUT2D eigenvalue weighted by Crippen LogP contribution is 2.34. The number of thioether (sulfide) groups is 1. The van der Waals surface area contributed by atoms with Crippen molar-refractivity contribution >= 4 is 63.1 Å². The number of anilines is 1. The zero-order valence-corrected chi connectivity index (χ0v) is 20.7. The molecule has 0 saturated carbocycles. The van der Waals surface area contributed by atoms with Gasteiger partial charge in [0.1, 0.15) is 18.2 Å². The van der Waals surface area contributed by atoms with Crippen LogP contribution in [-0.2, 0) is 16.1 Å². The summed E-state index contributed by atoms with van der Waals surface area (Å²) in [6.07, 6.45) is 3.40. The number of hydrogen-bond acceptors (Lipinski definition) is 4. The fourth-order valence-electron chi connectivity index (χ4n) is 4.03. The standard InChI is InChI=1S/C27H18ClF2N3O3S/c28-20-12-18(9-10-22(20)30)31-25(34)15-33-26(35)24(37-27(33)36)11-17-14-32(23-8-4-2-6-19(17)23)13-16-5-1-3-7-21(16)29/h1-12,14H,13,15H2,(H,31,34)/b24-11-. The molecule has 5 rings (SSSR count). The van der Waals surface area contributed by atoms with Gasteiger partial charge in [0.15, 0.2) is 0 Å². The minimum atomic E-state index is -0.633. The highest BCUT2D eigenvalue weighted by molar-refractivity contribution is 8.18. The van der Waals surface area contributed by atoms with Crippen molar-refractivity contribution in [3.05, 3.63) is 106 Å². The van der Waals surface area contributed by atoms with Crippen molar-refractivity contribution < 1.29 is 23.2 Å². The van der Waals surface area contributed by atoms with Crippen molar-refractivity contribution in [3.8, 4) is 0 Å². The van der Waals surface area contributed by atoms with Gasteiger partial charge in [0.05, 0.1) is 16.5 Å². The Labute approximate surface area is 219 Å². The molecule has 4 aromatic rings. The molecule has 0 unspecified atom stereocenters. The first-order valence-electron chi connectivity index (χ1n) is 11.1. The SMILES string of the molecule is O=C(CN1C(=O)S/C(=C\c2cn(Cc3ccccc3F)c3ccccc23)C1=O)Nc1ccc(F)c(Cl)c1. The molecule has 1 aliphatic heterocycles. The van der Waals surface area contributed by atoms with E-state index in [4.69, 9.17) is 11.6 Å². The maximum absolute atomic E-state index is 14.3. The predicted molar refractivity (Wildman–Crippen MR) is 140 cm³/mol. The molecule has 6 nitrogen and oxygen atoms in total. The van der Waals surface area contributed by atoms with Crippen LogP contribution in [0.1, 0.15) is 11.1 Å². The van der Waals surface area contributed by atoms with Gasteiger partial charge in [0, 0.05) is 33.9 Å². The van der Waals surface area contributed by atoms with E-state index in [2.05, 4.69) is 5.32 Å². The van der Waals surface area contributed by atoms with Crippen LogP contribution in [0.2, 0.25) is 5.02 Å². The summed E-state index contributed by atoms with van der Waals surface area (Å²) in [6.45, 7) is -0.220. The Kier molecular flexibility index (Phi) is 6.82. The smallest absolute Gasteiger partial charge is 0.294 e. The summed E-state index contributed by atoms with van der Waals surface area (Å²) in [5.74, 6) is -2.18. The summed E-state index contributed by atoms with van der Waals surface area (Å²) in [4.78, 5) is 39.0. The van der Waals surface area contributed by atoms with Gasteiger partial charge in [-0.2, -0.15) is 0 Å². The summed E-state index contributed by atoms with van der Waals surface area (Å²) in [6, 6.07) is 17.7. The normalized spacial score (nSPS) is 14.7. The third kappa shape index (κ3) is 5.14. The van der Waals surface area contributed by atoms with Gasteiger partial charge in [-0.05, 0) is 48.2 Å². The molecule has 1 aromatic heterocycles. The van der Waals surface area contributed by atoms with Crippen molar-refractivity contribution in [2.45, 2.75) is 6.54 Å². The molecule has 0 radical (unpaired) electrons. The summed E-state index contributed by atoms with van der Waals surface area (Å²) in [5.41, 5.74) is 2.28. The lowest BCUT2D eigenvalue weighted by molar-refractivity contribution is -0.127. The Morgan fingerprint density at radius 1 is 1.00 bits per heavy atom. The van der Waals surface area contributed by atoms with E-state index in [1.807, 2.05) is 28.8 Å². The van der Waals surface area contributed by atoms with Crippen LogP contribution in [0.15, 0.2) is 77.8 Å². The highest BCUT2D eigenvalue weighted by Gasteiger charge is 2.36. The number of rotatable bonds is 6. The van der Waals surface area contributed by atoms with Gasteiger partial charge < -0.3 is 9.88 Å². The Morgan fingerprint density at radius 3 is 2.54 bits per heavy atom. The minimum absolute atomic E-state index is 0.163. The minimum Gasteiger partial charge on any atom is -0.342 e. The summed E-state index contributed by atoms with van der Waals surface area (Å²) >= 11 is 6.46. The van der Waals surface area contributed by atoms with Gasteiger partial charge in [-0.15, -0.1) is 0 Å². The number of nitrogens with one attached hydrogen (secondary N) is 1. The second-order valence-corrected chi connectivity index (χ2v) is 9.67. The number of carbonyl (C=O) groups is 3. The number of para-hydroxylation sites is 1. The van der Waals surface area contributed by atoms with Gasteiger partial charge in [-0.25, -0.2) is 8.78 Å². The van der Waals surface area contributed by atoms with E-state index in [0.29, 0.717) is 11.1 Å². The first kappa shape index (κ1) is 24.7. The van der Waals surface area contributed by atoms with Crippen LogP contribution >= 0.6 is 23.4 Å². The third-order valence-electron chi connectivity index (χ3n) is 5.78. The number of carbonyl (C=O) groups excluding carboxylic acids is 3. The molecule has 3 amide bonds. The first-order valence-corrected chi connectivity index (χ1v) is 12.3. The Balaban J connectivity index is 1.37. The molecule has 1 N–H and O–H groups in total. The fourth-order valence-corrected chi connectivity index (χ4v) is 5.04. The average molecular weight is 538 g/mol. The molecule has 0 spiro atoms. The highest BCUT2D eigenvalue weighted by atomic mass is 35.5. The molecular weight excluding hydrogens is 520 g/mol. The van der Waals surface area contributed by atoms with Crippen LogP contribution in [-0.4, -0.2) is 33.1 Å². The zero-order chi connectivity index (χ0) is 26.1. The van der Waals surface area contributed by atoms with Crippen LogP contribution in [0.5, 0.6) is 0 Å². The second-order valence-electron chi connectivity index (χ2n) is 8.27. The number of amides is 3. The number of imide groups is 1. The van der Waals surface area contributed by atoms with E-state index >= 15 is 0 Å². The molecule has 1 aliphatic rings. The van der Waals surface area contributed by atoms with Gasteiger partial charge in [-0.1, -0.05) is 48.0 Å². The van der Waals surface area contributed by atoms with E-state index in [0.717, 1.165) is 33.6 Å². The molecule has 0 aliphatic carbocycles. The largest absolute Gasteiger partial charge is 0.342 e. The second kappa shape index (κ2) is 10.2. The number of fused-ring (bicyclic) bond motifs is 1. The number of aromatic nitrogens is 1. The van der Waals surface area contributed by atoms with E-state index in [1.54, 1.807) is 30.5 Å². The van der Waals surface area contributed by atoms with Crippen molar-refractivity contribution in [2.75, 3.05) is 11.9 Å². The van der Waals surface area contributed by atoms with E-state index in [1.165, 1.54) is 18.2 Å². The number of hydrogen-bond donors (Lipinski definition) is 1. The molecule has 186 valence electrons. The predicted octanol–water partition coefficient (Wildman–Crippen LogP) is 6.30. The van der Waals surface area contributed by atoms with Crippen LogP contribution in [0.25, 0.3) is 17.0 Å². The van der Waals surface area contributed by atoms with E-state index < -0.39 is 29.4 Å². The Hall–Kier alpha value is -3.95. The lowest BCUT2D eigenvalue weighted by Crippen LogP contribution is -2.36. The quantitative estimate of drug-likeness (QED) is 0.293. The van der Waals surface area contributed by atoms with E-state index in [-0.39, 0.29) is 28.0 Å².